The smallest absolute Gasteiger partial charge is 0.227 e. The summed E-state index contributed by atoms with van der Waals surface area (Å²) in [4.78, 5) is 20.9. The van der Waals surface area contributed by atoms with Gasteiger partial charge in [0.15, 0.2) is 5.13 Å². The Bertz CT molecular complexity index is 961. The minimum absolute atomic E-state index is 0.0656. The summed E-state index contributed by atoms with van der Waals surface area (Å²) in [5.41, 5.74) is 3.21. The number of nitrogens with zero attached hydrogens (tertiary/aromatic N) is 2. The molecule has 0 atom stereocenters. The van der Waals surface area contributed by atoms with Gasteiger partial charge in [0.25, 0.3) is 0 Å². The number of carbonyl (C=O) groups is 1. The number of hydrogen-bond acceptors (Lipinski definition) is 5. The fourth-order valence-electron chi connectivity index (χ4n) is 3.43. The van der Waals surface area contributed by atoms with Gasteiger partial charge < -0.3 is 10.2 Å². The van der Waals surface area contributed by atoms with E-state index in [2.05, 4.69) is 41.4 Å². The molecule has 0 spiro atoms. The van der Waals surface area contributed by atoms with Crippen LogP contribution in [0.25, 0.3) is 10.2 Å². The fraction of sp³-hybridized carbons (Fsp3) is 0.333. The first-order valence-electron chi connectivity index (χ1n) is 9.19. The number of nitrogens with one attached hydrogen (secondary N) is 1. The average Bonchev–Trinajstić information content (AvgIpc) is 3.11. The molecule has 4 nitrogen and oxygen atoms in total. The number of aromatic nitrogens is 1. The van der Waals surface area contributed by atoms with Gasteiger partial charge in [0.1, 0.15) is 0 Å². The number of anilines is 2. The van der Waals surface area contributed by atoms with Crippen LogP contribution >= 0.6 is 23.1 Å². The van der Waals surface area contributed by atoms with Crippen molar-refractivity contribution in [1.29, 1.82) is 0 Å². The van der Waals surface area contributed by atoms with Crippen molar-refractivity contribution in [2.45, 2.75) is 24.7 Å². The van der Waals surface area contributed by atoms with Crippen LogP contribution in [0.2, 0.25) is 0 Å². The molecule has 0 aliphatic carbocycles. The van der Waals surface area contributed by atoms with Crippen LogP contribution < -0.4 is 10.2 Å². The maximum absolute atomic E-state index is 12.6. The number of carbonyl (C=O) groups excluding carboxylic acids is 1. The summed E-state index contributed by atoms with van der Waals surface area (Å²) in [5.74, 6) is 0.198. The minimum atomic E-state index is 0.0656. The summed E-state index contributed by atoms with van der Waals surface area (Å²) in [5, 5.41) is 4.16. The molecule has 1 N–H and O–H groups in total. The van der Waals surface area contributed by atoms with Crippen molar-refractivity contribution < 1.29 is 4.79 Å². The van der Waals surface area contributed by atoms with Crippen molar-refractivity contribution in [3.05, 3.63) is 48.0 Å². The molecular weight excluding hydrogens is 374 g/mol. The Hall–Kier alpha value is -2.05. The molecule has 2 aromatic carbocycles. The second-order valence-corrected chi connectivity index (χ2v) is 8.84. The predicted octanol–water partition coefficient (Wildman–Crippen LogP) is 5.18. The highest BCUT2D eigenvalue weighted by molar-refractivity contribution is 7.98. The van der Waals surface area contributed by atoms with Gasteiger partial charge in [-0.1, -0.05) is 23.5 Å². The molecule has 1 saturated heterocycles. The van der Waals surface area contributed by atoms with E-state index in [1.807, 2.05) is 24.5 Å². The SMILES string of the molecule is CSc1cccc(NC(=O)C2CCN(c3nc4ccc(C)cc4s3)CC2)c1. The molecule has 2 heterocycles. The van der Waals surface area contributed by atoms with Crippen LogP contribution in [0.3, 0.4) is 0 Å². The molecule has 27 heavy (non-hydrogen) atoms. The summed E-state index contributed by atoms with van der Waals surface area (Å²) >= 11 is 3.43. The maximum atomic E-state index is 12.6. The van der Waals surface area contributed by atoms with Crippen molar-refractivity contribution in [1.82, 2.24) is 4.98 Å². The van der Waals surface area contributed by atoms with Gasteiger partial charge in [-0.05, 0) is 61.9 Å². The average molecular weight is 398 g/mol. The second-order valence-electron chi connectivity index (χ2n) is 6.95. The van der Waals surface area contributed by atoms with Gasteiger partial charge in [-0.15, -0.1) is 11.8 Å². The summed E-state index contributed by atoms with van der Waals surface area (Å²) < 4.78 is 1.23. The molecule has 1 amide bonds. The van der Waals surface area contributed by atoms with Crippen LogP contribution in [0.15, 0.2) is 47.4 Å². The number of amides is 1. The highest BCUT2D eigenvalue weighted by Crippen LogP contribution is 2.32. The van der Waals surface area contributed by atoms with Gasteiger partial charge in [-0.2, -0.15) is 0 Å². The van der Waals surface area contributed by atoms with E-state index in [1.165, 1.54) is 10.3 Å². The molecule has 4 rings (SSSR count). The lowest BCUT2D eigenvalue weighted by atomic mass is 9.96. The van der Waals surface area contributed by atoms with E-state index in [1.54, 1.807) is 23.1 Å². The molecule has 1 aromatic heterocycles. The van der Waals surface area contributed by atoms with E-state index in [0.29, 0.717) is 0 Å². The van der Waals surface area contributed by atoms with Crippen LogP contribution in [0.1, 0.15) is 18.4 Å². The highest BCUT2D eigenvalue weighted by atomic mass is 32.2. The first-order valence-corrected chi connectivity index (χ1v) is 11.2. The van der Waals surface area contributed by atoms with Crippen molar-refractivity contribution in [3.8, 4) is 0 Å². The highest BCUT2D eigenvalue weighted by Gasteiger charge is 2.26. The van der Waals surface area contributed by atoms with Crippen LogP contribution in [-0.2, 0) is 4.79 Å². The molecule has 1 aliphatic heterocycles. The topological polar surface area (TPSA) is 45.2 Å². The zero-order chi connectivity index (χ0) is 18.8. The Morgan fingerprint density at radius 2 is 2.04 bits per heavy atom. The Morgan fingerprint density at radius 1 is 1.22 bits per heavy atom. The van der Waals surface area contributed by atoms with E-state index >= 15 is 0 Å². The van der Waals surface area contributed by atoms with E-state index in [9.17, 15) is 4.79 Å². The molecule has 0 bridgehead atoms. The number of hydrogen-bond donors (Lipinski definition) is 1. The maximum Gasteiger partial charge on any atom is 0.227 e. The first kappa shape index (κ1) is 18.3. The summed E-state index contributed by atoms with van der Waals surface area (Å²) in [7, 11) is 0. The van der Waals surface area contributed by atoms with Crippen molar-refractivity contribution in [2.75, 3.05) is 29.6 Å². The summed E-state index contributed by atoms with van der Waals surface area (Å²) in [6.07, 6.45) is 3.77. The Labute approximate surface area is 168 Å². The Kier molecular flexibility index (Phi) is 5.36. The van der Waals surface area contributed by atoms with Gasteiger partial charge in [0, 0.05) is 29.6 Å². The molecule has 140 valence electrons. The van der Waals surface area contributed by atoms with Gasteiger partial charge in [0.2, 0.25) is 5.91 Å². The predicted molar refractivity (Wildman–Crippen MR) is 116 cm³/mol. The third-order valence-corrected chi connectivity index (χ3v) is 6.81. The number of fused-ring (bicyclic) bond motifs is 1. The number of rotatable bonds is 4. The van der Waals surface area contributed by atoms with Gasteiger partial charge in [-0.25, -0.2) is 4.98 Å². The van der Waals surface area contributed by atoms with Crippen LogP contribution in [0, 0.1) is 12.8 Å². The molecule has 0 radical (unpaired) electrons. The first-order chi connectivity index (χ1) is 13.1. The Balaban J connectivity index is 1.38. The molecule has 0 saturated carbocycles. The van der Waals surface area contributed by atoms with Crippen molar-refractivity contribution in [2.24, 2.45) is 5.92 Å². The molecule has 3 aromatic rings. The number of piperidine rings is 1. The van der Waals surface area contributed by atoms with Crippen LogP contribution in [-0.4, -0.2) is 30.2 Å². The number of thiazole rings is 1. The normalized spacial score (nSPS) is 15.3. The van der Waals surface area contributed by atoms with Gasteiger partial charge >= 0.3 is 0 Å². The standard InChI is InChI=1S/C21H23N3OS2/c1-14-6-7-18-19(12-14)27-21(23-18)24-10-8-15(9-11-24)20(25)22-16-4-3-5-17(13-16)26-2/h3-7,12-13,15H,8-11H2,1-2H3,(H,22,25). The fourth-order valence-corrected chi connectivity index (χ4v) is 5.01. The third-order valence-electron chi connectivity index (χ3n) is 5.01. The quantitative estimate of drug-likeness (QED) is 0.616. The molecule has 0 unspecified atom stereocenters. The third kappa shape index (κ3) is 4.12. The largest absolute Gasteiger partial charge is 0.348 e. The second kappa shape index (κ2) is 7.90. The van der Waals surface area contributed by atoms with E-state index < -0.39 is 0 Å². The van der Waals surface area contributed by atoms with Crippen molar-refractivity contribution >= 4 is 50.0 Å². The summed E-state index contributed by atoms with van der Waals surface area (Å²) in [6.45, 7) is 3.86. The Morgan fingerprint density at radius 3 is 2.81 bits per heavy atom. The van der Waals surface area contributed by atoms with Crippen LogP contribution in [0.4, 0.5) is 10.8 Å². The zero-order valence-electron chi connectivity index (χ0n) is 15.6. The van der Waals surface area contributed by atoms with Gasteiger partial charge in [-0.3, -0.25) is 4.79 Å². The number of thioether (sulfide) groups is 1. The van der Waals surface area contributed by atoms with Crippen molar-refractivity contribution in [3.63, 3.8) is 0 Å². The lowest BCUT2D eigenvalue weighted by Crippen LogP contribution is -2.38. The molecule has 1 fully saturated rings. The molecule has 6 heteroatoms. The van der Waals surface area contributed by atoms with E-state index in [-0.39, 0.29) is 11.8 Å². The minimum Gasteiger partial charge on any atom is -0.348 e. The number of benzene rings is 2. The van der Waals surface area contributed by atoms with Gasteiger partial charge in [0.05, 0.1) is 10.2 Å². The number of aryl methyl sites for hydroxylation is 1. The molecular formula is C21H23N3OS2. The zero-order valence-corrected chi connectivity index (χ0v) is 17.2. The lowest BCUT2D eigenvalue weighted by Gasteiger charge is -2.31. The summed E-state index contributed by atoms with van der Waals surface area (Å²) in [6, 6.07) is 14.4. The molecule has 1 aliphatic rings. The van der Waals surface area contributed by atoms with E-state index in [4.69, 9.17) is 4.98 Å². The van der Waals surface area contributed by atoms with Crippen LogP contribution in [0.5, 0.6) is 0 Å². The monoisotopic (exact) mass is 397 g/mol. The van der Waals surface area contributed by atoms with E-state index in [0.717, 1.165) is 47.2 Å². The lowest BCUT2D eigenvalue weighted by molar-refractivity contribution is -0.120.